The molecule has 0 saturated heterocycles. The second-order valence-electron chi connectivity index (χ2n) is 8.51. The first-order chi connectivity index (χ1) is 16.9. The van der Waals surface area contributed by atoms with Crippen molar-refractivity contribution in [3.8, 4) is 0 Å². The highest BCUT2D eigenvalue weighted by Gasteiger charge is 2.11. The van der Waals surface area contributed by atoms with Crippen molar-refractivity contribution in [1.29, 1.82) is 0 Å². The highest BCUT2D eigenvalue weighted by atomic mass is 15.2. The van der Waals surface area contributed by atoms with Crippen molar-refractivity contribution >= 4 is 40.1 Å². The average Bonchev–Trinajstić information content (AvgIpc) is 2.87. The van der Waals surface area contributed by atoms with Gasteiger partial charge in [-0.3, -0.25) is 15.0 Å². The van der Waals surface area contributed by atoms with Crippen LogP contribution in [-0.4, -0.2) is 52.0 Å². The molecule has 4 aromatic heterocycles. The number of nitrogens with two attached hydrogens (primary N) is 1. The SMILES string of the molecule is CN=CC(=C(N)CN(C)c1cccnc1)c1cnc2ccc(Nc3cc(C(C)C)cnn3)nc2c1. The lowest BCUT2D eigenvalue weighted by molar-refractivity contribution is 0.843. The van der Waals surface area contributed by atoms with Crippen LogP contribution in [0.4, 0.5) is 17.3 Å². The van der Waals surface area contributed by atoms with Gasteiger partial charge < -0.3 is 16.0 Å². The summed E-state index contributed by atoms with van der Waals surface area (Å²) in [5, 5.41) is 11.5. The van der Waals surface area contributed by atoms with E-state index in [0.717, 1.165) is 33.4 Å². The second kappa shape index (κ2) is 10.7. The maximum absolute atomic E-state index is 6.54. The summed E-state index contributed by atoms with van der Waals surface area (Å²) < 4.78 is 0. The lowest BCUT2D eigenvalue weighted by atomic mass is 10.1. The molecule has 0 saturated carbocycles. The van der Waals surface area contributed by atoms with Crippen molar-refractivity contribution in [3.63, 3.8) is 0 Å². The fraction of sp³-hybridized carbons (Fsp3) is 0.231. The maximum atomic E-state index is 6.54. The zero-order valence-electron chi connectivity index (χ0n) is 20.3. The number of fused-ring (bicyclic) bond motifs is 1. The van der Waals surface area contributed by atoms with Gasteiger partial charge in [-0.1, -0.05) is 13.8 Å². The average molecular weight is 468 g/mol. The Labute approximate surface area is 204 Å². The number of anilines is 3. The first-order valence-corrected chi connectivity index (χ1v) is 11.3. The van der Waals surface area contributed by atoms with Gasteiger partial charge in [0.1, 0.15) is 5.82 Å². The molecule has 0 aliphatic heterocycles. The Kier molecular flexibility index (Phi) is 7.25. The van der Waals surface area contributed by atoms with Crippen LogP contribution in [0.1, 0.15) is 30.9 Å². The number of aliphatic imine (C=N–C) groups is 1. The van der Waals surface area contributed by atoms with Crippen LogP contribution in [0, 0.1) is 0 Å². The molecule has 0 aliphatic carbocycles. The van der Waals surface area contributed by atoms with Gasteiger partial charge >= 0.3 is 0 Å². The Morgan fingerprint density at radius 1 is 1.11 bits per heavy atom. The summed E-state index contributed by atoms with van der Waals surface area (Å²) in [5.74, 6) is 1.66. The Morgan fingerprint density at radius 2 is 1.97 bits per heavy atom. The number of aromatic nitrogens is 5. The van der Waals surface area contributed by atoms with Gasteiger partial charge in [-0.25, -0.2) is 4.98 Å². The summed E-state index contributed by atoms with van der Waals surface area (Å²) in [4.78, 5) is 19.8. The number of hydrogen-bond acceptors (Lipinski definition) is 9. The maximum Gasteiger partial charge on any atom is 0.154 e. The third-order valence-corrected chi connectivity index (χ3v) is 5.55. The molecule has 4 rings (SSSR count). The molecule has 9 nitrogen and oxygen atoms in total. The van der Waals surface area contributed by atoms with Crippen molar-refractivity contribution in [3.05, 3.63) is 78.0 Å². The van der Waals surface area contributed by atoms with Crippen molar-refractivity contribution in [1.82, 2.24) is 25.1 Å². The number of rotatable bonds is 8. The Bertz CT molecular complexity index is 1360. The predicted octanol–water partition coefficient (Wildman–Crippen LogP) is 4.19. The summed E-state index contributed by atoms with van der Waals surface area (Å²) in [7, 11) is 3.69. The van der Waals surface area contributed by atoms with Gasteiger partial charge in [-0.05, 0) is 47.9 Å². The fourth-order valence-corrected chi connectivity index (χ4v) is 3.60. The van der Waals surface area contributed by atoms with Crippen LogP contribution in [0.2, 0.25) is 0 Å². The normalized spacial score (nSPS) is 12.3. The minimum absolute atomic E-state index is 0.357. The fourth-order valence-electron chi connectivity index (χ4n) is 3.60. The van der Waals surface area contributed by atoms with E-state index in [1.165, 1.54) is 0 Å². The van der Waals surface area contributed by atoms with Crippen LogP contribution < -0.4 is 16.0 Å². The van der Waals surface area contributed by atoms with Gasteiger partial charge in [0.25, 0.3) is 0 Å². The van der Waals surface area contributed by atoms with E-state index in [1.54, 1.807) is 38.0 Å². The minimum Gasteiger partial charge on any atom is -0.400 e. The summed E-state index contributed by atoms with van der Waals surface area (Å²) in [6, 6.07) is 11.6. The first-order valence-electron chi connectivity index (χ1n) is 11.3. The standard InChI is InChI=1S/C26H29N9/c1-17(2)18-11-26(34-31-13-18)33-25-8-7-23-24(32-25)10-19(12-30-23)21(15-28-3)22(27)16-35(4)20-6-5-9-29-14-20/h5-15,17H,16,27H2,1-4H3,(H,32,33,34). The van der Waals surface area contributed by atoms with Crippen LogP contribution in [0.25, 0.3) is 16.6 Å². The monoisotopic (exact) mass is 467 g/mol. The van der Waals surface area contributed by atoms with E-state index in [1.807, 2.05) is 48.3 Å². The number of nitrogens with zero attached hydrogens (tertiary/aromatic N) is 7. The highest BCUT2D eigenvalue weighted by molar-refractivity contribution is 6.11. The number of pyridine rings is 3. The number of likely N-dealkylation sites (N-methyl/N-ethyl adjacent to an activating group) is 1. The number of hydrogen-bond donors (Lipinski definition) is 2. The van der Waals surface area contributed by atoms with E-state index >= 15 is 0 Å². The topological polar surface area (TPSA) is 118 Å². The van der Waals surface area contributed by atoms with E-state index in [9.17, 15) is 0 Å². The Morgan fingerprint density at radius 3 is 2.71 bits per heavy atom. The lowest BCUT2D eigenvalue weighted by Crippen LogP contribution is -2.25. The van der Waals surface area contributed by atoms with Crippen LogP contribution in [-0.2, 0) is 0 Å². The molecule has 178 valence electrons. The van der Waals surface area contributed by atoms with Crippen LogP contribution in [0.15, 0.2) is 71.9 Å². The van der Waals surface area contributed by atoms with E-state index in [2.05, 4.69) is 44.3 Å². The molecule has 0 radical (unpaired) electrons. The third kappa shape index (κ3) is 5.75. The van der Waals surface area contributed by atoms with Gasteiger partial charge in [-0.2, -0.15) is 5.10 Å². The quantitative estimate of drug-likeness (QED) is 0.370. The third-order valence-electron chi connectivity index (χ3n) is 5.55. The largest absolute Gasteiger partial charge is 0.400 e. The second-order valence-corrected chi connectivity index (χ2v) is 8.51. The predicted molar refractivity (Wildman–Crippen MR) is 142 cm³/mol. The van der Waals surface area contributed by atoms with Crippen molar-refractivity contribution < 1.29 is 0 Å². The molecule has 0 fully saturated rings. The summed E-state index contributed by atoms with van der Waals surface area (Å²) in [5.41, 5.74) is 12.4. The van der Waals surface area contributed by atoms with Gasteiger partial charge in [0.15, 0.2) is 5.82 Å². The molecule has 0 aliphatic rings. The zero-order valence-corrected chi connectivity index (χ0v) is 20.3. The minimum atomic E-state index is 0.357. The molecule has 0 unspecified atom stereocenters. The molecule has 4 heterocycles. The van der Waals surface area contributed by atoms with Gasteiger partial charge in [0, 0.05) is 49.5 Å². The summed E-state index contributed by atoms with van der Waals surface area (Å²) >= 11 is 0. The van der Waals surface area contributed by atoms with Crippen molar-refractivity contribution in [2.75, 3.05) is 30.9 Å². The van der Waals surface area contributed by atoms with Crippen molar-refractivity contribution in [2.45, 2.75) is 19.8 Å². The molecule has 0 amide bonds. The van der Waals surface area contributed by atoms with E-state index in [0.29, 0.717) is 29.8 Å². The Balaban J connectivity index is 1.64. The number of nitrogens with one attached hydrogen (secondary N) is 1. The van der Waals surface area contributed by atoms with E-state index in [-0.39, 0.29) is 0 Å². The molecule has 0 bridgehead atoms. The van der Waals surface area contributed by atoms with E-state index in [4.69, 9.17) is 10.7 Å². The summed E-state index contributed by atoms with van der Waals surface area (Å²) in [6.45, 7) is 4.74. The van der Waals surface area contributed by atoms with Gasteiger partial charge in [-0.15, -0.1) is 5.10 Å². The van der Waals surface area contributed by atoms with Crippen LogP contribution >= 0.6 is 0 Å². The molecule has 0 atom stereocenters. The summed E-state index contributed by atoms with van der Waals surface area (Å²) in [6.07, 6.45) is 8.88. The van der Waals surface area contributed by atoms with Crippen molar-refractivity contribution in [2.24, 2.45) is 10.7 Å². The zero-order chi connectivity index (χ0) is 24.8. The lowest BCUT2D eigenvalue weighted by Gasteiger charge is -2.20. The Hall–Kier alpha value is -4.40. The molecule has 9 heteroatoms. The molecule has 4 aromatic rings. The molecule has 3 N–H and O–H groups in total. The van der Waals surface area contributed by atoms with Gasteiger partial charge in [0.05, 0.1) is 35.7 Å². The van der Waals surface area contributed by atoms with E-state index < -0.39 is 0 Å². The molecular weight excluding hydrogens is 438 g/mol. The molecule has 35 heavy (non-hydrogen) atoms. The van der Waals surface area contributed by atoms with Crippen LogP contribution in [0.5, 0.6) is 0 Å². The first kappa shape index (κ1) is 23.7. The van der Waals surface area contributed by atoms with Gasteiger partial charge in [0.2, 0.25) is 0 Å². The highest BCUT2D eigenvalue weighted by Crippen LogP contribution is 2.23. The molecular formula is C26H29N9. The molecule has 0 aromatic carbocycles. The molecule has 0 spiro atoms. The number of allylic oxidation sites excluding steroid dienone is 1. The van der Waals surface area contributed by atoms with Crippen LogP contribution in [0.3, 0.4) is 0 Å². The smallest absolute Gasteiger partial charge is 0.154 e.